The fourth-order valence-corrected chi connectivity index (χ4v) is 1.97. The summed E-state index contributed by atoms with van der Waals surface area (Å²) in [6.07, 6.45) is 2.11. The van der Waals surface area contributed by atoms with Crippen molar-refractivity contribution in [2.45, 2.75) is 11.4 Å². The van der Waals surface area contributed by atoms with E-state index in [1.165, 1.54) is 0 Å². The maximum Gasteiger partial charge on any atom is 0.138 e. The number of hydrogen-bond donors (Lipinski definition) is 1. The van der Waals surface area contributed by atoms with Gasteiger partial charge < -0.3 is 4.74 Å². The number of nitrogens with zero attached hydrogens (tertiary/aromatic N) is 3. The third-order valence-corrected chi connectivity index (χ3v) is 3.06. The van der Waals surface area contributed by atoms with Crippen LogP contribution in [0.2, 0.25) is 0 Å². The van der Waals surface area contributed by atoms with Crippen LogP contribution >= 0.6 is 11.8 Å². The van der Waals surface area contributed by atoms with Gasteiger partial charge in [0.15, 0.2) is 0 Å². The van der Waals surface area contributed by atoms with Gasteiger partial charge in [-0.3, -0.25) is 0 Å². The Bertz CT molecular complexity index is 504. The first-order chi connectivity index (χ1) is 8.88. The van der Waals surface area contributed by atoms with Crippen molar-refractivity contribution in [1.82, 2.24) is 15.4 Å². The molecule has 18 heavy (non-hydrogen) atoms. The summed E-state index contributed by atoms with van der Waals surface area (Å²) in [4.78, 5) is 0. The molecule has 0 aliphatic heterocycles. The number of thioether (sulfide) groups is 1. The fraction of sp³-hybridized carbons (Fsp3) is 0.250. The zero-order chi connectivity index (χ0) is 12.6. The molecular weight excluding hydrogens is 248 g/mol. The van der Waals surface area contributed by atoms with Crippen LogP contribution < -0.4 is 4.74 Å². The normalized spacial score (nSPS) is 9.94. The minimum Gasteiger partial charge on any atom is -0.493 e. The van der Waals surface area contributed by atoms with Gasteiger partial charge in [-0.25, -0.2) is 0 Å². The molecule has 0 spiro atoms. The first-order valence-corrected chi connectivity index (χ1v) is 6.44. The molecule has 1 aromatic carbocycles. The van der Waals surface area contributed by atoms with Crippen molar-refractivity contribution >= 4 is 11.8 Å². The first-order valence-electron chi connectivity index (χ1n) is 5.46. The Kier molecular flexibility index (Phi) is 4.61. The lowest BCUT2D eigenvalue weighted by Gasteiger charge is -2.05. The van der Waals surface area contributed by atoms with Crippen molar-refractivity contribution in [3.8, 4) is 11.8 Å². The standard InChI is InChI=1S/C12H12N4OS/c13-6-5-10-1-3-11(4-2-10)17-7-8-18-12-9-14-16-15-12/h1-4,9H,5,7-8H2,(H,14,15,16). The highest BCUT2D eigenvalue weighted by Crippen LogP contribution is 2.15. The molecule has 1 N–H and O–H groups in total. The smallest absolute Gasteiger partial charge is 0.138 e. The highest BCUT2D eigenvalue weighted by atomic mass is 32.2. The predicted molar refractivity (Wildman–Crippen MR) is 68.4 cm³/mol. The lowest BCUT2D eigenvalue weighted by Crippen LogP contribution is -2.00. The summed E-state index contributed by atoms with van der Waals surface area (Å²) in [5.41, 5.74) is 1.00. The lowest BCUT2D eigenvalue weighted by molar-refractivity contribution is 0.344. The Morgan fingerprint density at radius 1 is 1.33 bits per heavy atom. The molecule has 0 atom stereocenters. The number of H-pyrrole nitrogens is 1. The Balaban J connectivity index is 1.71. The summed E-state index contributed by atoms with van der Waals surface area (Å²) < 4.78 is 5.58. The average molecular weight is 260 g/mol. The average Bonchev–Trinajstić information content (AvgIpc) is 2.90. The van der Waals surface area contributed by atoms with Gasteiger partial charge in [-0.2, -0.15) is 15.6 Å². The molecule has 1 aromatic heterocycles. The maximum atomic E-state index is 8.56. The van der Waals surface area contributed by atoms with Gasteiger partial charge in [0, 0.05) is 5.75 Å². The van der Waals surface area contributed by atoms with Gasteiger partial charge in [-0.1, -0.05) is 23.9 Å². The van der Waals surface area contributed by atoms with Gasteiger partial charge in [-0.15, -0.1) is 5.10 Å². The summed E-state index contributed by atoms with van der Waals surface area (Å²) in [5, 5.41) is 19.6. The van der Waals surface area contributed by atoms with E-state index in [1.807, 2.05) is 24.3 Å². The van der Waals surface area contributed by atoms with Crippen LogP contribution in [-0.2, 0) is 6.42 Å². The van der Waals surface area contributed by atoms with Gasteiger partial charge in [0.25, 0.3) is 0 Å². The van der Waals surface area contributed by atoms with E-state index in [-0.39, 0.29) is 0 Å². The second-order valence-electron chi connectivity index (χ2n) is 3.48. The minimum absolute atomic E-state index is 0.433. The molecular formula is C12H12N4OS. The van der Waals surface area contributed by atoms with E-state index in [2.05, 4.69) is 21.5 Å². The van der Waals surface area contributed by atoms with Crippen molar-refractivity contribution in [3.05, 3.63) is 36.0 Å². The largest absolute Gasteiger partial charge is 0.493 e. The van der Waals surface area contributed by atoms with Crippen LogP contribution in [0.15, 0.2) is 35.5 Å². The van der Waals surface area contributed by atoms with E-state index in [4.69, 9.17) is 10.00 Å². The summed E-state index contributed by atoms with van der Waals surface area (Å²) in [5.74, 6) is 1.63. The molecule has 5 nitrogen and oxygen atoms in total. The van der Waals surface area contributed by atoms with Crippen molar-refractivity contribution in [2.24, 2.45) is 0 Å². The highest BCUT2D eigenvalue weighted by molar-refractivity contribution is 7.99. The van der Waals surface area contributed by atoms with Gasteiger partial charge >= 0.3 is 0 Å². The van der Waals surface area contributed by atoms with Crippen molar-refractivity contribution in [3.63, 3.8) is 0 Å². The van der Waals surface area contributed by atoms with Crippen LogP contribution in [0.1, 0.15) is 5.56 Å². The van der Waals surface area contributed by atoms with Crippen LogP contribution in [0.4, 0.5) is 0 Å². The fourth-order valence-electron chi connectivity index (χ4n) is 1.36. The zero-order valence-corrected chi connectivity index (χ0v) is 10.5. The molecule has 0 bridgehead atoms. The monoisotopic (exact) mass is 260 g/mol. The molecule has 0 radical (unpaired) electrons. The maximum absolute atomic E-state index is 8.56. The minimum atomic E-state index is 0.433. The molecule has 0 saturated heterocycles. The molecule has 0 unspecified atom stereocenters. The van der Waals surface area contributed by atoms with E-state index in [9.17, 15) is 0 Å². The molecule has 2 aromatic rings. The summed E-state index contributed by atoms with van der Waals surface area (Å²) in [6, 6.07) is 9.69. The lowest BCUT2D eigenvalue weighted by atomic mass is 10.2. The van der Waals surface area contributed by atoms with Crippen LogP contribution in [0.25, 0.3) is 0 Å². The number of aromatic nitrogens is 3. The first kappa shape index (κ1) is 12.5. The molecule has 2 rings (SSSR count). The second kappa shape index (κ2) is 6.67. The topological polar surface area (TPSA) is 74.6 Å². The Morgan fingerprint density at radius 3 is 2.83 bits per heavy atom. The van der Waals surface area contributed by atoms with Gasteiger partial charge in [0.05, 0.1) is 25.3 Å². The molecule has 92 valence electrons. The van der Waals surface area contributed by atoms with E-state index < -0.39 is 0 Å². The third-order valence-electron chi connectivity index (χ3n) is 2.20. The molecule has 6 heteroatoms. The number of rotatable bonds is 6. The Morgan fingerprint density at radius 2 is 2.17 bits per heavy atom. The summed E-state index contributed by atoms with van der Waals surface area (Å²) in [6.45, 7) is 0.606. The van der Waals surface area contributed by atoms with E-state index in [0.29, 0.717) is 13.0 Å². The van der Waals surface area contributed by atoms with Crippen LogP contribution in [0.5, 0.6) is 5.75 Å². The Hall–Kier alpha value is -2.00. The Labute approximate surface area is 109 Å². The number of benzene rings is 1. The molecule has 0 aliphatic carbocycles. The zero-order valence-electron chi connectivity index (χ0n) is 9.67. The molecule has 0 amide bonds. The molecule has 1 heterocycles. The number of aromatic amines is 1. The van der Waals surface area contributed by atoms with Gasteiger partial charge in [-0.05, 0) is 17.7 Å². The SMILES string of the molecule is N#CCc1ccc(OCCSc2cn[nH]n2)cc1. The van der Waals surface area contributed by atoms with E-state index >= 15 is 0 Å². The van der Waals surface area contributed by atoms with Gasteiger partial charge in [0.2, 0.25) is 0 Å². The van der Waals surface area contributed by atoms with Crippen LogP contribution in [0, 0.1) is 11.3 Å². The van der Waals surface area contributed by atoms with Crippen LogP contribution in [0.3, 0.4) is 0 Å². The summed E-state index contributed by atoms with van der Waals surface area (Å²) >= 11 is 1.58. The second-order valence-corrected chi connectivity index (χ2v) is 4.60. The number of nitrogens with one attached hydrogen (secondary N) is 1. The van der Waals surface area contributed by atoms with E-state index in [1.54, 1.807) is 18.0 Å². The third kappa shape index (κ3) is 3.79. The number of hydrogen-bond acceptors (Lipinski definition) is 5. The predicted octanol–water partition coefficient (Wildman–Crippen LogP) is 2.04. The summed E-state index contributed by atoms with van der Waals surface area (Å²) in [7, 11) is 0. The quantitative estimate of drug-likeness (QED) is 0.635. The van der Waals surface area contributed by atoms with Crippen molar-refractivity contribution in [1.29, 1.82) is 5.26 Å². The van der Waals surface area contributed by atoms with Crippen molar-refractivity contribution in [2.75, 3.05) is 12.4 Å². The molecule has 0 saturated carbocycles. The molecule has 0 aliphatic rings. The van der Waals surface area contributed by atoms with Gasteiger partial charge in [0.1, 0.15) is 10.8 Å². The van der Waals surface area contributed by atoms with Crippen molar-refractivity contribution < 1.29 is 4.74 Å². The van der Waals surface area contributed by atoms with Crippen LogP contribution in [-0.4, -0.2) is 27.8 Å². The number of ether oxygens (including phenoxy) is 1. The number of nitriles is 1. The highest BCUT2D eigenvalue weighted by Gasteiger charge is 1.98. The van der Waals surface area contributed by atoms with E-state index in [0.717, 1.165) is 22.1 Å². The molecule has 0 fully saturated rings.